The Bertz CT molecular complexity index is 620. The molecule has 0 saturated heterocycles. The Morgan fingerprint density at radius 2 is 1.95 bits per heavy atom. The molecule has 0 bridgehead atoms. The fourth-order valence-corrected chi connectivity index (χ4v) is 1.83. The number of anilines is 1. The van der Waals surface area contributed by atoms with Gasteiger partial charge >= 0.3 is 5.97 Å². The minimum Gasteiger partial charge on any atom is -0.493 e. The van der Waals surface area contributed by atoms with E-state index in [1.54, 1.807) is 24.3 Å². The zero-order valence-corrected chi connectivity index (χ0v) is 11.7. The van der Waals surface area contributed by atoms with Crippen LogP contribution >= 0.6 is 0 Å². The number of nitrogen functional groups attached to an aromatic ring is 1. The maximum Gasteiger partial charge on any atom is 0.364 e. The minimum atomic E-state index is -0.557. The lowest BCUT2D eigenvalue weighted by atomic mass is 10.3. The fraction of sp³-hybridized carbons (Fsp3) is 0.286. The predicted molar refractivity (Wildman–Crippen MR) is 75.0 cm³/mol. The molecule has 6 nitrogen and oxygen atoms in total. The van der Waals surface area contributed by atoms with E-state index in [2.05, 4.69) is 5.10 Å². The highest BCUT2D eigenvalue weighted by Gasteiger charge is 2.21. The summed E-state index contributed by atoms with van der Waals surface area (Å²) in [7, 11) is 1.51. The van der Waals surface area contributed by atoms with E-state index >= 15 is 0 Å². The molecule has 0 radical (unpaired) electrons. The van der Waals surface area contributed by atoms with E-state index in [0.717, 1.165) is 0 Å². The molecule has 0 spiro atoms. The zero-order chi connectivity index (χ0) is 14.7. The molecule has 1 aromatic heterocycles. The van der Waals surface area contributed by atoms with Crippen LogP contribution in [0.25, 0.3) is 0 Å². The number of carbonyl (C=O) groups is 1. The number of rotatable bonds is 4. The molecule has 0 atom stereocenters. The van der Waals surface area contributed by atoms with E-state index in [1.165, 1.54) is 18.0 Å². The third kappa shape index (κ3) is 2.59. The normalized spacial score (nSPS) is 10.6. The maximum atomic E-state index is 12.3. The lowest BCUT2D eigenvalue weighted by Gasteiger charge is -2.12. The molecular weight excluding hydrogens is 258 g/mol. The van der Waals surface area contributed by atoms with E-state index in [9.17, 15) is 4.79 Å². The number of nitrogens with zero attached hydrogens (tertiary/aromatic N) is 2. The smallest absolute Gasteiger partial charge is 0.364 e. The third-order valence-electron chi connectivity index (χ3n) is 2.78. The van der Waals surface area contributed by atoms with Gasteiger partial charge in [-0.1, -0.05) is 12.1 Å². The predicted octanol–water partition coefficient (Wildman–Crippen LogP) is 2.27. The average molecular weight is 275 g/mol. The molecule has 0 unspecified atom stereocenters. The first-order valence-electron chi connectivity index (χ1n) is 6.22. The number of ether oxygens (including phenoxy) is 2. The van der Waals surface area contributed by atoms with E-state index in [1.807, 2.05) is 13.8 Å². The Labute approximate surface area is 117 Å². The molecule has 2 rings (SSSR count). The van der Waals surface area contributed by atoms with E-state index in [0.29, 0.717) is 17.2 Å². The van der Waals surface area contributed by atoms with Crippen molar-refractivity contribution >= 4 is 11.7 Å². The van der Waals surface area contributed by atoms with Crippen LogP contribution in [0.3, 0.4) is 0 Å². The standard InChI is InChI=1S/C14H17N3O3/c1-9(2)17-13(10(15)8-16-17)14(18)20-12-7-5-4-6-11(12)19-3/h4-9H,15H2,1-3H3. The van der Waals surface area contributed by atoms with Gasteiger partial charge in [-0.15, -0.1) is 0 Å². The van der Waals surface area contributed by atoms with Crippen LogP contribution < -0.4 is 15.2 Å². The molecule has 20 heavy (non-hydrogen) atoms. The number of carbonyl (C=O) groups excluding carboxylic acids is 1. The Kier molecular flexibility index (Phi) is 3.93. The molecule has 2 N–H and O–H groups in total. The first kappa shape index (κ1) is 13.9. The molecule has 1 heterocycles. The summed E-state index contributed by atoms with van der Waals surface area (Å²) >= 11 is 0. The largest absolute Gasteiger partial charge is 0.493 e. The van der Waals surface area contributed by atoms with Gasteiger partial charge in [0.1, 0.15) is 0 Å². The van der Waals surface area contributed by atoms with Crippen LogP contribution in [-0.4, -0.2) is 22.9 Å². The summed E-state index contributed by atoms with van der Waals surface area (Å²) in [5.74, 6) is 0.268. The van der Waals surface area contributed by atoms with E-state index < -0.39 is 5.97 Å². The van der Waals surface area contributed by atoms with Gasteiger partial charge in [0.15, 0.2) is 17.2 Å². The van der Waals surface area contributed by atoms with Gasteiger partial charge in [-0.25, -0.2) is 4.79 Å². The van der Waals surface area contributed by atoms with Crippen molar-refractivity contribution in [2.75, 3.05) is 12.8 Å². The second-order valence-corrected chi connectivity index (χ2v) is 4.53. The van der Waals surface area contributed by atoms with E-state index in [-0.39, 0.29) is 11.7 Å². The van der Waals surface area contributed by atoms with Crippen molar-refractivity contribution in [2.24, 2.45) is 0 Å². The van der Waals surface area contributed by atoms with Gasteiger partial charge in [0.25, 0.3) is 0 Å². The van der Waals surface area contributed by atoms with Crippen molar-refractivity contribution in [3.8, 4) is 11.5 Å². The molecular formula is C14H17N3O3. The molecule has 6 heteroatoms. The van der Waals surface area contributed by atoms with Gasteiger partial charge in [0, 0.05) is 6.04 Å². The van der Waals surface area contributed by atoms with Gasteiger partial charge < -0.3 is 15.2 Å². The van der Waals surface area contributed by atoms with Gasteiger partial charge in [0.2, 0.25) is 0 Å². The third-order valence-corrected chi connectivity index (χ3v) is 2.78. The highest BCUT2D eigenvalue weighted by molar-refractivity contribution is 5.94. The summed E-state index contributed by atoms with van der Waals surface area (Å²) in [6.07, 6.45) is 1.44. The quantitative estimate of drug-likeness (QED) is 0.684. The van der Waals surface area contributed by atoms with Crippen LogP contribution in [0.1, 0.15) is 30.4 Å². The molecule has 0 amide bonds. The molecule has 106 valence electrons. The van der Waals surface area contributed by atoms with Gasteiger partial charge in [-0.2, -0.15) is 5.10 Å². The number of para-hydroxylation sites is 2. The number of nitrogens with two attached hydrogens (primary N) is 1. The number of methoxy groups -OCH3 is 1. The van der Waals surface area contributed by atoms with Crippen molar-refractivity contribution in [1.29, 1.82) is 0 Å². The van der Waals surface area contributed by atoms with Crippen LogP contribution in [0.4, 0.5) is 5.69 Å². The number of benzene rings is 1. The summed E-state index contributed by atoms with van der Waals surface area (Å²) in [6.45, 7) is 3.82. The topological polar surface area (TPSA) is 79.4 Å². The number of hydrogen-bond donors (Lipinski definition) is 1. The van der Waals surface area contributed by atoms with Crippen molar-refractivity contribution < 1.29 is 14.3 Å². The highest BCUT2D eigenvalue weighted by Crippen LogP contribution is 2.27. The highest BCUT2D eigenvalue weighted by atomic mass is 16.6. The molecule has 1 aromatic carbocycles. The fourth-order valence-electron chi connectivity index (χ4n) is 1.83. The number of aromatic nitrogens is 2. The zero-order valence-electron chi connectivity index (χ0n) is 11.7. The summed E-state index contributed by atoms with van der Waals surface area (Å²) < 4.78 is 12.0. The second-order valence-electron chi connectivity index (χ2n) is 4.53. The van der Waals surface area contributed by atoms with Crippen LogP contribution in [0.15, 0.2) is 30.5 Å². The van der Waals surface area contributed by atoms with Crippen molar-refractivity contribution in [2.45, 2.75) is 19.9 Å². The average Bonchev–Trinajstić information content (AvgIpc) is 2.81. The Morgan fingerprint density at radius 3 is 2.55 bits per heavy atom. The summed E-state index contributed by atoms with van der Waals surface area (Å²) in [4.78, 5) is 12.3. The van der Waals surface area contributed by atoms with E-state index in [4.69, 9.17) is 15.2 Å². The number of hydrogen-bond acceptors (Lipinski definition) is 5. The molecule has 0 saturated carbocycles. The maximum absolute atomic E-state index is 12.3. The van der Waals surface area contributed by atoms with Crippen molar-refractivity contribution in [1.82, 2.24) is 9.78 Å². The Hall–Kier alpha value is -2.50. The van der Waals surface area contributed by atoms with Gasteiger partial charge in [-0.05, 0) is 26.0 Å². The molecule has 0 fully saturated rings. The van der Waals surface area contributed by atoms with Gasteiger partial charge in [-0.3, -0.25) is 4.68 Å². The lowest BCUT2D eigenvalue weighted by molar-refractivity contribution is 0.0715. The van der Waals surface area contributed by atoms with Crippen molar-refractivity contribution in [3.05, 3.63) is 36.2 Å². The lowest BCUT2D eigenvalue weighted by Crippen LogP contribution is -2.18. The summed E-state index contributed by atoms with van der Waals surface area (Å²) in [6, 6.07) is 6.93. The second kappa shape index (κ2) is 5.64. The molecule has 0 aliphatic heterocycles. The van der Waals surface area contributed by atoms with Crippen LogP contribution in [0.2, 0.25) is 0 Å². The molecule has 0 aliphatic rings. The summed E-state index contributed by atoms with van der Waals surface area (Å²) in [5, 5.41) is 4.08. The minimum absolute atomic E-state index is 0.00696. The van der Waals surface area contributed by atoms with Crippen molar-refractivity contribution in [3.63, 3.8) is 0 Å². The van der Waals surface area contributed by atoms with Crippen LogP contribution in [-0.2, 0) is 0 Å². The Morgan fingerprint density at radius 1 is 1.30 bits per heavy atom. The van der Waals surface area contributed by atoms with Gasteiger partial charge in [0.05, 0.1) is 19.0 Å². The van der Waals surface area contributed by atoms with Crippen LogP contribution in [0, 0.1) is 0 Å². The Balaban J connectivity index is 2.31. The molecule has 2 aromatic rings. The SMILES string of the molecule is COc1ccccc1OC(=O)c1c(N)cnn1C(C)C. The monoisotopic (exact) mass is 275 g/mol. The number of esters is 1. The summed E-state index contributed by atoms with van der Waals surface area (Å²) in [5.41, 5.74) is 6.32. The first-order chi connectivity index (χ1) is 9.54. The van der Waals surface area contributed by atoms with Crippen LogP contribution in [0.5, 0.6) is 11.5 Å². The first-order valence-corrected chi connectivity index (χ1v) is 6.22. The molecule has 0 aliphatic carbocycles.